The number of carboxylic acid groups (broad SMARTS) is 1. The van der Waals surface area contributed by atoms with Crippen molar-refractivity contribution < 1.29 is 15.0 Å². The summed E-state index contributed by atoms with van der Waals surface area (Å²) in [7, 11) is 1.80. The van der Waals surface area contributed by atoms with Crippen molar-refractivity contribution in [3.05, 3.63) is 42.0 Å². The Morgan fingerprint density at radius 3 is 2.55 bits per heavy atom. The number of carboxylic acids is 1. The average Bonchev–Trinajstić information content (AvgIpc) is 2.47. The van der Waals surface area contributed by atoms with Crippen LogP contribution in [0.2, 0.25) is 0 Å². The summed E-state index contributed by atoms with van der Waals surface area (Å²) in [6.07, 6.45) is 0. The third-order valence-corrected chi connectivity index (χ3v) is 2.91. The first-order chi connectivity index (χ1) is 9.63. The quantitative estimate of drug-likeness (QED) is 0.853. The van der Waals surface area contributed by atoms with Gasteiger partial charge in [-0.2, -0.15) is 0 Å². The van der Waals surface area contributed by atoms with Gasteiger partial charge in [0.1, 0.15) is 0 Å². The molecule has 0 aliphatic heterocycles. The van der Waals surface area contributed by atoms with Gasteiger partial charge in [0, 0.05) is 19.2 Å². The molecular weight excluding hydrogens is 258 g/mol. The second-order valence-corrected chi connectivity index (χ2v) is 4.27. The van der Waals surface area contributed by atoms with Crippen LogP contribution in [-0.4, -0.2) is 46.6 Å². The molecule has 0 aliphatic carbocycles. The molecule has 0 atom stereocenters. The van der Waals surface area contributed by atoms with Crippen LogP contribution in [-0.2, 0) is 0 Å². The summed E-state index contributed by atoms with van der Waals surface area (Å²) in [5.41, 5.74) is 1.23. The van der Waals surface area contributed by atoms with Crippen molar-refractivity contribution in [2.45, 2.75) is 0 Å². The van der Waals surface area contributed by atoms with Gasteiger partial charge in [-0.3, -0.25) is 0 Å². The minimum Gasteiger partial charge on any atom is -0.478 e. The Bertz CT molecular complexity index is 599. The van der Waals surface area contributed by atoms with Crippen LogP contribution < -0.4 is 4.90 Å². The fourth-order valence-corrected chi connectivity index (χ4v) is 1.83. The normalized spacial score (nSPS) is 10.3. The van der Waals surface area contributed by atoms with Crippen LogP contribution in [0.25, 0.3) is 11.3 Å². The van der Waals surface area contributed by atoms with E-state index in [1.54, 1.807) is 42.3 Å². The van der Waals surface area contributed by atoms with E-state index in [-0.39, 0.29) is 12.2 Å². The Hall–Kier alpha value is -2.47. The summed E-state index contributed by atoms with van der Waals surface area (Å²) < 4.78 is 0. The van der Waals surface area contributed by atoms with Crippen LogP contribution in [0.5, 0.6) is 0 Å². The van der Waals surface area contributed by atoms with E-state index in [0.29, 0.717) is 23.6 Å². The Kier molecular flexibility index (Phi) is 4.27. The zero-order chi connectivity index (χ0) is 14.5. The molecule has 0 radical (unpaired) electrons. The summed E-state index contributed by atoms with van der Waals surface area (Å²) in [5.74, 6) is -0.375. The maximum Gasteiger partial charge on any atom is 0.336 e. The fourth-order valence-electron chi connectivity index (χ4n) is 1.83. The van der Waals surface area contributed by atoms with Gasteiger partial charge in [0.15, 0.2) is 5.82 Å². The van der Waals surface area contributed by atoms with Gasteiger partial charge in [-0.1, -0.05) is 18.2 Å². The predicted molar refractivity (Wildman–Crippen MR) is 74.8 cm³/mol. The summed E-state index contributed by atoms with van der Waals surface area (Å²) in [4.78, 5) is 12.9. The number of carbonyl (C=O) groups is 1. The Morgan fingerprint density at radius 1 is 1.20 bits per heavy atom. The number of anilines is 1. The molecule has 2 rings (SSSR count). The molecule has 1 aromatic heterocycles. The van der Waals surface area contributed by atoms with Gasteiger partial charge in [-0.15, -0.1) is 10.2 Å². The van der Waals surface area contributed by atoms with Crippen LogP contribution in [0, 0.1) is 0 Å². The molecule has 1 aromatic carbocycles. The standard InChI is InChI=1S/C14H15N3O3/c1-17(8-9-18)13-7-6-12(15-16-13)10-4-2-3-5-11(10)14(19)20/h2-7,18H,8-9H2,1H3,(H,19,20). The molecule has 0 amide bonds. The minimum atomic E-state index is -0.996. The van der Waals surface area contributed by atoms with E-state index in [0.717, 1.165) is 0 Å². The highest BCUT2D eigenvalue weighted by atomic mass is 16.4. The number of aromatic carboxylic acids is 1. The van der Waals surface area contributed by atoms with E-state index in [4.69, 9.17) is 10.2 Å². The number of rotatable bonds is 5. The van der Waals surface area contributed by atoms with E-state index in [2.05, 4.69) is 10.2 Å². The molecule has 0 saturated carbocycles. The summed E-state index contributed by atoms with van der Waals surface area (Å²) >= 11 is 0. The summed E-state index contributed by atoms with van der Waals surface area (Å²) in [6, 6.07) is 10.1. The van der Waals surface area contributed by atoms with Gasteiger partial charge in [0.05, 0.1) is 17.9 Å². The second kappa shape index (κ2) is 6.12. The monoisotopic (exact) mass is 273 g/mol. The zero-order valence-corrected chi connectivity index (χ0v) is 11.0. The molecule has 0 bridgehead atoms. The van der Waals surface area contributed by atoms with Gasteiger partial charge in [0.2, 0.25) is 0 Å². The molecule has 0 spiro atoms. The maximum atomic E-state index is 11.2. The van der Waals surface area contributed by atoms with E-state index >= 15 is 0 Å². The molecule has 1 heterocycles. The second-order valence-electron chi connectivity index (χ2n) is 4.27. The van der Waals surface area contributed by atoms with Gasteiger partial charge in [0.25, 0.3) is 0 Å². The number of aliphatic hydroxyl groups excluding tert-OH is 1. The van der Waals surface area contributed by atoms with Crippen molar-refractivity contribution in [2.75, 3.05) is 25.1 Å². The molecule has 104 valence electrons. The minimum absolute atomic E-state index is 0.0295. The number of aromatic nitrogens is 2. The molecule has 6 heteroatoms. The smallest absolute Gasteiger partial charge is 0.336 e. The molecule has 0 saturated heterocycles. The van der Waals surface area contributed by atoms with Crippen molar-refractivity contribution in [1.29, 1.82) is 0 Å². The number of hydrogen-bond acceptors (Lipinski definition) is 5. The van der Waals surface area contributed by atoms with E-state index in [1.807, 2.05) is 0 Å². The number of hydrogen-bond donors (Lipinski definition) is 2. The van der Waals surface area contributed by atoms with Gasteiger partial charge >= 0.3 is 5.97 Å². The number of aliphatic hydroxyl groups is 1. The first kappa shape index (κ1) is 14.0. The summed E-state index contributed by atoms with van der Waals surface area (Å²) in [6.45, 7) is 0.488. The molecule has 0 unspecified atom stereocenters. The molecule has 2 N–H and O–H groups in total. The third-order valence-electron chi connectivity index (χ3n) is 2.91. The van der Waals surface area contributed by atoms with Crippen LogP contribution in [0.15, 0.2) is 36.4 Å². The Morgan fingerprint density at radius 2 is 1.95 bits per heavy atom. The average molecular weight is 273 g/mol. The maximum absolute atomic E-state index is 11.2. The van der Waals surface area contributed by atoms with Crippen molar-refractivity contribution in [1.82, 2.24) is 10.2 Å². The van der Waals surface area contributed by atoms with Crippen molar-refractivity contribution in [3.8, 4) is 11.3 Å². The summed E-state index contributed by atoms with van der Waals surface area (Å²) in [5, 5.41) is 26.1. The highest BCUT2D eigenvalue weighted by Gasteiger charge is 2.12. The molecule has 2 aromatic rings. The van der Waals surface area contributed by atoms with Crippen LogP contribution in [0.1, 0.15) is 10.4 Å². The number of nitrogens with zero attached hydrogens (tertiary/aromatic N) is 3. The van der Waals surface area contributed by atoms with Crippen LogP contribution in [0.4, 0.5) is 5.82 Å². The largest absolute Gasteiger partial charge is 0.478 e. The van der Waals surface area contributed by atoms with Crippen LogP contribution >= 0.6 is 0 Å². The highest BCUT2D eigenvalue weighted by molar-refractivity contribution is 5.95. The topological polar surface area (TPSA) is 86.5 Å². The van der Waals surface area contributed by atoms with Gasteiger partial charge in [-0.25, -0.2) is 4.79 Å². The lowest BCUT2D eigenvalue weighted by Crippen LogP contribution is -2.22. The van der Waals surface area contributed by atoms with E-state index in [9.17, 15) is 4.79 Å². The predicted octanol–water partition coefficient (Wildman–Crippen LogP) is 1.27. The third kappa shape index (κ3) is 2.92. The van der Waals surface area contributed by atoms with Crippen molar-refractivity contribution >= 4 is 11.8 Å². The van der Waals surface area contributed by atoms with E-state index in [1.165, 1.54) is 6.07 Å². The zero-order valence-electron chi connectivity index (χ0n) is 11.0. The first-order valence-electron chi connectivity index (χ1n) is 6.12. The Labute approximate surface area is 116 Å². The molecule has 0 fully saturated rings. The molecule has 6 nitrogen and oxygen atoms in total. The van der Waals surface area contributed by atoms with Crippen molar-refractivity contribution in [3.63, 3.8) is 0 Å². The Balaban J connectivity index is 2.33. The number of likely N-dealkylation sites (N-methyl/N-ethyl adjacent to an activating group) is 1. The lowest BCUT2D eigenvalue weighted by Gasteiger charge is -2.15. The molecular formula is C14H15N3O3. The number of benzene rings is 1. The van der Waals surface area contributed by atoms with Crippen LogP contribution in [0.3, 0.4) is 0 Å². The first-order valence-corrected chi connectivity index (χ1v) is 6.12. The molecule has 20 heavy (non-hydrogen) atoms. The van der Waals surface area contributed by atoms with Gasteiger partial charge in [-0.05, 0) is 18.2 Å². The lowest BCUT2D eigenvalue weighted by molar-refractivity contribution is 0.0697. The SMILES string of the molecule is CN(CCO)c1ccc(-c2ccccc2C(=O)O)nn1. The van der Waals surface area contributed by atoms with E-state index < -0.39 is 5.97 Å². The van der Waals surface area contributed by atoms with Gasteiger partial charge < -0.3 is 15.1 Å². The molecule has 0 aliphatic rings. The highest BCUT2D eigenvalue weighted by Crippen LogP contribution is 2.22. The lowest BCUT2D eigenvalue weighted by atomic mass is 10.0. The fraction of sp³-hybridized carbons (Fsp3) is 0.214. The van der Waals surface area contributed by atoms with Crippen molar-refractivity contribution in [2.24, 2.45) is 0 Å².